The lowest BCUT2D eigenvalue weighted by Crippen LogP contribution is -1.97. The second kappa shape index (κ2) is 12.0. The first-order valence-electron chi connectivity index (χ1n) is 9.39. The summed E-state index contributed by atoms with van der Waals surface area (Å²) < 4.78 is 5.81. The van der Waals surface area contributed by atoms with Gasteiger partial charge in [0, 0.05) is 6.61 Å². The van der Waals surface area contributed by atoms with Gasteiger partial charge >= 0.3 is 0 Å². The predicted octanol–water partition coefficient (Wildman–Crippen LogP) is 5.28. The van der Waals surface area contributed by atoms with Crippen LogP contribution in [0.25, 0.3) is 17.2 Å². The summed E-state index contributed by atoms with van der Waals surface area (Å²) in [5.74, 6) is 0.902. The smallest absolute Gasteiger partial charge is 0.142 e. The summed E-state index contributed by atoms with van der Waals surface area (Å²) in [4.78, 5) is 10.4. The molecule has 0 unspecified atom stereocenters. The molecule has 0 heterocycles. The maximum absolute atomic E-state index is 10.4. The minimum atomic E-state index is 0.306. The van der Waals surface area contributed by atoms with Crippen molar-refractivity contribution >= 4 is 12.4 Å². The van der Waals surface area contributed by atoms with Gasteiger partial charge in [0.2, 0.25) is 0 Å². The average Bonchev–Trinajstić information content (AvgIpc) is 2.69. The summed E-state index contributed by atoms with van der Waals surface area (Å²) in [7, 11) is 0. The Kier molecular flexibility index (Phi) is 9.23. The minimum absolute atomic E-state index is 0.306. The van der Waals surface area contributed by atoms with Gasteiger partial charge in [0.1, 0.15) is 12.0 Å². The van der Waals surface area contributed by atoms with E-state index in [0.717, 1.165) is 54.6 Å². The molecule has 0 saturated heterocycles. The van der Waals surface area contributed by atoms with Crippen molar-refractivity contribution in [3.63, 3.8) is 0 Å². The SMILES string of the molecule is O=C/C=C/c1ccc(-c2ccc(OCCCCCCCCO)cc2)cc1. The van der Waals surface area contributed by atoms with E-state index in [1.165, 1.54) is 25.3 Å². The van der Waals surface area contributed by atoms with Crippen molar-refractivity contribution in [3.05, 3.63) is 60.2 Å². The maximum Gasteiger partial charge on any atom is 0.142 e. The minimum Gasteiger partial charge on any atom is -0.494 e. The fourth-order valence-electron chi connectivity index (χ4n) is 2.79. The number of hydrogen-bond donors (Lipinski definition) is 1. The van der Waals surface area contributed by atoms with Gasteiger partial charge in [-0.05, 0) is 47.7 Å². The van der Waals surface area contributed by atoms with E-state index in [9.17, 15) is 4.79 Å². The molecule has 0 fully saturated rings. The summed E-state index contributed by atoms with van der Waals surface area (Å²) in [5, 5.41) is 8.73. The Hall–Kier alpha value is -2.39. The van der Waals surface area contributed by atoms with E-state index in [1.807, 2.05) is 24.3 Å². The molecule has 2 aromatic rings. The van der Waals surface area contributed by atoms with Crippen molar-refractivity contribution in [1.29, 1.82) is 0 Å². The third kappa shape index (κ3) is 7.24. The number of carbonyl (C=O) groups is 1. The van der Waals surface area contributed by atoms with Gasteiger partial charge in [0.25, 0.3) is 0 Å². The number of carbonyl (C=O) groups excluding carboxylic acids is 1. The van der Waals surface area contributed by atoms with Crippen LogP contribution in [0, 0.1) is 0 Å². The molecular weight excluding hydrogens is 324 g/mol. The molecule has 0 aliphatic heterocycles. The largest absolute Gasteiger partial charge is 0.494 e. The third-order valence-corrected chi connectivity index (χ3v) is 4.29. The van der Waals surface area contributed by atoms with Crippen LogP contribution >= 0.6 is 0 Å². The van der Waals surface area contributed by atoms with Crippen LogP contribution in [0.15, 0.2) is 54.6 Å². The molecule has 1 N–H and O–H groups in total. The first-order valence-corrected chi connectivity index (χ1v) is 9.39. The molecule has 2 aromatic carbocycles. The zero-order valence-corrected chi connectivity index (χ0v) is 15.3. The van der Waals surface area contributed by atoms with E-state index in [0.29, 0.717) is 6.61 Å². The number of aliphatic hydroxyl groups is 1. The summed E-state index contributed by atoms with van der Waals surface area (Å²) in [6.45, 7) is 1.05. The number of unbranched alkanes of at least 4 members (excludes halogenated alkanes) is 5. The first-order chi connectivity index (χ1) is 12.8. The number of aldehydes is 1. The van der Waals surface area contributed by atoms with Crippen LogP contribution in [0.2, 0.25) is 0 Å². The van der Waals surface area contributed by atoms with Crippen LogP contribution in [0.3, 0.4) is 0 Å². The quantitative estimate of drug-likeness (QED) is 0.321. The normalized spacial score (nSPS) is 11.0. The van der Waals surface area contributed by atoms with Gasteiger partial charge < -0.3 is 9.84 Å². The van der Waals surface area contributed by atoms with Gasteiger partial charge in [0.15, 0.2) is 0 Å². The van der Waals surface area contributed by atoms with Gasteiger partial charge in [-0.15, -0.1) is 0 Å². The highest BCUT2D eigenvalue weighted by Crippen LogP contribution is 2.23. The second-order valence-corrected chi connectivity index (χ2v) is 6.33. The molecule has 0 aromatic heterocycles. The standard InChI is InChI=1S/C23H28O3/c24-17-5-3-1-2-4-6-19-26-23-15-13-22(14-16-23)21-11-9-20(10-12-21)8-7-18-25/h7-16,18,24H,1-6,17,19H2/b8-7+. The van der Waals surface area contributed by atoms with Crippen molar-refractivity contribution in [1.82, 2.24) is 0 Å². The van der Waals surface area contributed by atoms with Gasteiger partial charge in [-0.25, -0.2) is 0 Å². The van der Waals surface area contributed by atoms with Gasteiger partial charge in [-0.3, -0.25) is 4.79 Å². The van der Waals surface area contributed by atoms with E-state index in [4.69, 9.17) is 9.84 Å². The Morgan fingerprint density at radius 2 is 1.35 bits per heavy atom. The molecule has 0 radical (unpaired) electrons. The van der Waals surface area contributed by atoms with Crippen LogP contribution in [-0.2, 0) is 4.79 Å². The number of benzene rings is 2. The average molecular weight is 352 g/mol. The van der Waals surface area contributed by atoms with Crippen molar-refractivity contribution in [2.45, 2.75) is 38.5 Å². The number of allylic oxidation sites excluding steroid dienone is 1. The zero-order valence-electron chi connectivity index (χ0n) is 15.3. The topological polar surface area (TPSA) is 46.5 Å². The molecule has 0 aliphatic carbocycles. The predicted molar refractivity (Wildman–Crippen MR) is 107 cm³/mol. The van der Waals surface area contributed by atoms with E-state index in [1.54, 1.807) is 6.08 Å². The monoisotopic (exact) mass is 352 g/mol. The lowest BCUT2D eigenvalue weighted by atomic mass is 10.0. The number of aliphatic hydroxyl groups excluding tert-OH is 1. The summed E-state index contributed by atoms with van der Waals surface area (Å²) in [6, 6.07) is 16.3. The van der Waals surface area contributed by atoms with Crippen molar-refractivity contribution < 1.29 is 14.6 Å². The van der Waals surface area contributed by atoms with Crippen LogP contribution in [0.4, 0.5) is 0 Å². The number of ether oxygens (including phenoxy) is 1. The summed E-state index contributed by atoms with van der Waals surface area (Å²) >= 11 is 0. The molecule has 2 rings (SSSR count). The molecule has 0 amide bonds. The molecule has 26 heavy (non-hydrogen) atoms. The maximum atomic E-state index is 10.4. The summed E-state index contributed by atoms with van der Waals surface area (Å²) in [5.41, 5.74) is 3.30. The van der Waals surface area contributed by atoms with Crippen molar-refractivity contribution in [3.8, 4) is 16.9 Å². The lowest BCUT2D eigenvalue weighted by Gasteiger charge is -2.08. The van der Waals surface area contributed by atoms with Gasteiger partial charge in [0.05, 0.1) is 6.61 Å². The van der Waals surface area contributed by atoms with Crippen LogP contribution < -0.4 is 4.74 Å². The lowest BCUT2D eigenvalue weighted by molar-refractivity contribution is -0.104. The first kappa shape index (κ1) is 19.9. The van der Waals surface area contributed by atoms with Crippen LogP contribution in [0.5, 0.6) is 5.75 Å². The van der Waals surface area contributed by atoms with E-state index in [2.05, 4.69) is 24.3 Å². The highest BCUT2D eigenvalue weighted by atomic mass is 16.5. The fourth-order valence-corrected chi connectivity index (χ4v) is 2.79. The Labute approximate surface area is 156 Å². The van der Waals surface area contributed by atoms with Crippen molar-refractivity contribution in [2.75, 3.05) is 13.2 Å². The van der Waals surface area contributed by atoms with Crippen molar-refractivity contribution in [2.24, 2.45) is 0 Å². The summed E-state index contributed by atoms with van der Waals surface area (Å²) in [6.07, 6.45) is 10.7. The zero-order chi connectivity index (χ0) is 18.5. The van der Waals surface area contributed by atoms with Gasteiger partial charge in [-0.2, -0.15) is 0 Å². The highest BCUT2D eigenvalue weighted by molar-refractivity contribution is 5.74. The molecule has 3 heteroatoms. The van der Waals surface area contributed by atoms with Crippen LogP contribution in [0.1, 0.15) is 44.1 Å². The second-order valence-electron chi connectivity index (χ2n) is 6.33. The molecule has 0 spiro atoms. The van der Waals surface area contributed by atoms with E-state index >= 15 is 0 Å². The van der Waals surface area contributed by atoms with E-state index < -0.39 is 0 Å². The highest BCUT2D eigenvalue weighted by Gasteiger charge is 1.99. The Bertz CT molecular complexity index is 657. The Morgan fingerprint density at radius 1 is 0.769 bits per heavy atom. The third-order valence-electron chi connectivity index (χ3n) is 4.29. The fraction of sp³-hybridized carbons (Fsp3) is 0.348. The molecule has 0 saturated carbocycles. The molecule has 0 atom stereocenters. The molecule has 3 nitrogen and oxygen atoms in total. The Morgan fingerprint density at radius 3 is 1.96 bits per heavy atom. The van der Waals surface area contributed by atoms with Crippen LogP contribution in [-0.4, -0.2) is 24.6 Å². The molecular formula is C23H28O3. The van der Waals surface area contributed by atoms with E-state index in [-0.39, 0.29) is 0 Å². The number of hydrogen-bond acceptors (Lipinski definition) is 3. The molecule has 138 valence electrons. The molecule has 0 aliphatic rings. The number of rotatable bonds is 12. The van der Waals surface area contributed by atoms with Gasteiger partial charge in [-0.1, -0.05) is 68.2 Å². The Balaban J connectivity index is 1.74. The molecule has 0 bridgehead atoms.